The van der Waals surface area contributed by atoms with Crippen molar-refractivity contribution < 1.29 is 20.8 Å². The van der Waals surface area contributed by atoms with Crippen LogP contribution in [0.1, 0.15) is 48.9 Å². The van der Waals surface area contributed by atoms with Crippen LogP contribution in [-0.2, 0) is 33.7 Å². The Hall–Kier alpha value is -3.78. The summed E-state index contributed by atoms with van der Waals surface area (Å²) in [5.41, 5.74) is 16.3. The van der Waals surface area contributed by atoms with Gasteiger partial charge in [0.05, 0.1) is 0 Å². The van der Waals surface area contributed by atoms with Gasteiger partial charge in [0, 0.05) is 9.52 Å². The molecule has 0 saturated heterocycles. The maximum atomic E-state index is 4.93. The van der Waals surface area contributed by atoms with E-state index >= 15 is 0 Å². The zero-order valence-electron chi connectivity index (χ0n) is 33.6. The summed E-state index contributed by atoms with van der Waals surface area (Å²) in [6, 6.07) is 57.4. The molecule has 2 radical (unpaired) electrons. The third-order valence-corrected chi connectivity index (χ3v) is 10.0. The number of benzene rings is 6. The van der Waals surface area contributed by atoms with E-state index in [-0.39, 0.29) is 0 Å². The molecule has 0 aliphatic carbocycles. The standard InChI is InChI=1S/2C25H23.C2H6Si.2ClH.Zr/c2*1-3-9-20-14-15-21-16-22(19-11-5-4-6-12-19)17-24(21)25(20)23-13-8-7-10-18(23)2;1-3-2;;;/h2*4-8,10-17H,3,9H2,1-2H3;1-2H3;2*1H;/q2*-1;;;;+4/p-2. The second-order valence-electron chi connectivity index (χ2n) is 14.1. The average Bonchev–Trinajstić information content (AvgIpc) is 3.86. The van der Waals surface area contributed by atoms with Crippen molar-refractivity contribution in [2.75, 3.05) is 0 Å². The van der Waals surface area contributed by atoms with Crippen LogP contribution in [-0.4, -0.2) is 9.52 Å². The molecule has 4 heteroatoms. The number of fused-ring (bicyclic) bond motifs is 2. The van der Waals surface area contributed by atoms with E-state index in [1.54, 1.807) is 0 Å². The molecule has 56 heavy (non-hydrogen) atoms. The van der Waals surface area contributed by atoms with Crippen molar-refractivity contribution in [3.05, 3.63) is 180 Å². The SMILES string of the molecule is CCCc1ccc2[cH-]c(-c3ccccc3)cc2c1-c1ccccc1C.CCCc1ccc2[cH-]c(-c3ccccc3)cc2c1-c1ccccc1C.C[Si]C.[Cl][Zr+2][Cl]. The van der Waals surface area contributed by atoms with E-state index in [4.69, 9.17) is 17.0 Å². The summed E-state index contributed by atoms with van der Waals surface area (Å²) in [4.78, 5) is 0. The maximum absolute atomic E-state index is 4.93. The summed E-state index contributed by atoms with van der Waals surface area (Å²) in [7, 11) is 11.0. The Labute approximate surface area is 357 Å². The van der Waals surface area contributed by atoms with Gasteiger partial charge in [0.2, 0.25) is 0 Å². The molecular formula is C52H52Cl2SiZr. The minimum atomic E-state index is -0.826. The molecule has 0 nitrogen and oxygen atoms in total. The first kappa shape index (κ1) is 43.3. The first-order valence-corrected chi connectivity index (χ1v) is 27.9. The van der Waals surface area contributed by atoms with Gasteiger partial charge in [-0.05, 0) is 60.1 Å². The summed E-state index contributed by atoms with van der Waals surface area (Å²) in [5.74, 6) is 0. The molecule has 0 aromatic heterocycles. The number of hydrogen-bond donors (Lipinski definition) is 0. The fourth-order valence-electron chi connectivity index (χ4n) is 7.55. The molecule has 0 unspecified atom stereocenters. The number of halogens is 2. The molecule has 0 amide bonds. The zero-order valence-corrected chi connectivity index (χ0v) is 38.6. The predicted molar refractivity (Wildman–Crippen MR) is 247 cm³/mol. The van der Waals surface area contributed by atoms with E-state index in [1.807, 2.05) is 0 Å². The van der Waals surface area contributed by atoms with Crippen LogP contribution in [0.3, 0.4) is 0 Å². The van der Waals surface area contributed by atoms with Gasteiger partial charge in [-0.25, -0.2) is 0 Å². The number of aryl methyl sites for hydroxylation is 4. The Balaban J connectivity index is 0.000000188. The van der Waals surface area contributed by atoms with Crippen LogP contribution in [0.5, 0.6) is 0 Å². The van der Waals surface area contributed by atoms with Gasteiger partial charge in [-0.15, -0.1) is 69.1 Å². The molecule has 0 atom stereocenters. The van der Waals surface area contributed by atoms with E-state index < -0.39 is 20.8 Å². The summed E-state index contributed by atoms with van der Waals surface area (Å²) in [5, 5.41) is 5.41. The molecule has 0 spiro atoms. The van der Waals surface area contributed by atoms with Gasteiger partial charge in [-0.3, -0.25) is 0 Å². The topological polar surface area (TPSA) is 0 Å². The molecule has 0 heterocycles. The van der Waals surface area contributed by atoms with Gasteiger partial charge < -0.3 is 0 Å². The minimum absolute atomic E-state index is 0.826. The Morgan fingerprint density at radius 1 is 0.500 bits per heavy atom. The molecule has 282 valence electrons. The summed E-state index contributed by atoms with van der Waals surface area (Å²) in [6.45, 7) is 13.2. The van der Waals surface area contributed by atoms with Crippen molar-refractivity contribution in [2.24, 2.45) is 0 Å². The van der Waals surface area contributed by atoms with Gasteiger partial charge in [0.1, 0.15) is 0 Å². The molecule has 0 saturated carbocycles. The molecular weight excluding hydrogens is 815 g/mol. The first-order valence-electron chi connectivity index (χ1n) is 19.6. The van der Waals surface area contributed by atoms with E-state index in [0.29, 0.717) is 0 Å². The molecule has 0 bridgehead atoms. The third-order valence-electron chi connectivity index (χ3n) is 10.0. The Bertz CT molecular complexity index is 2230. The van der Waals surface area contributed by atoms with Gasteiger partial charge in [0.25, 0.3) is 0 Å². The van der Waals surface area contributed by atoms with E-state index in [9.17, 15) is 0 Å². The second-order valence-corrected chi connectivity index (χ2v) is 18.9. The van der Waals surface area contributed by atoms with Gasteiger partial charge in [0.15, 0.2) is 0 Å². The van der Waals surface area contributed by atoms with Crippen molar-refractivity contribution in [3.8, 4) is 44.5 Å². The van der Waals surface area contributed by atoms with E-state index in [0.717, 1.165) is 35.2 Å². The van der Waals surface area contributed by atoms with E-state index in [2.05, 4.69) is 199 Å². The molecule has 0 aliphatic heterocycles. The predicted octanol–water partition coefficient (Wildman–Crippen LogP) is 16.5. The van der Waals surface area contributed by atoms with Crippen molar-refractivity contribution in [2.45, 2.75) is 66.5 Å². The molecule has 0 aliphatic rings. The van der Waals surface area contributed by atoms with Crippen LogP contribution < -0.4 is 0 Å². The van der Waals surface area contributed by atoms with Crippen molar-refractivity contribution in [1.82, 2.24) is 0 Å². The van der Waals surface area contributed by atoms with E-state index in [1.165, 1.54) is 88.3 Å². The Morgan fingerprint density at radius 3 is 1.18 bits per heavy atom. The van der Waals surface area contributed by atoms with Gasteiger partial charge in [-0.2, -0.15) is 0 Å². The van der Waals surface area contributed by atoms with Gasteiger partial charge in [-0.1, -0.05) is 183 Å². The van der Waals surface area contributed by atoms with Crippen LogP contribution in [0.25, 0.3) is 66.1 Å². The fraction of sp³-hybridized carbons (Fsp3) is 0.192. The van der Waals surface area contributed by atoms with Gasteiger partial charge >= 0.3 is 37.9 Å². The van der Waals surface area contributed by atoms with Crippen LogP contribution in [0.2, 0.25) is 13.1 Å². The monoisotopic (exact) mass is 864 g/mol. The van der Waals surface area contributed by atoms with Crippen LogP contribution >= 0.6 is 17.0 Å². The average molecular weight is 867 g/mol. The Morgan fingerprint density at radius 2 is 0.839 bits per heavy atom. The first-order chi connectivity index (χ1) is 27.4. The van der Waals surface area contributed by atoms with Crippen molar-refractivity contribution in [3.63, 3.8) is 0 Å². The number of rotatable bonds is 8. The normalized spacial score (nSPS) is 10.4. The van der Waals surface area contributed by atoms with Crippen LogP contribution in [0.4, 0.5) is 0 Å². The zero-order chi connectivity index (χ0) is 39.9. The third kappa shape index (κ3) is 10.8. The molecule has 0 fully saturated rings. The van der Waals surface area contributed by atoms with Crippen LogP contribution in [0.15, 0.2) is 158 Å². The van der Waals surface area contributed by atoms with Crippen LogP contribution in [0, 0.1) is 13.8 Å². The molecule has 8 aromatic carbocycles. The Kier molecular flexibility index (Phi) is 17.2. The molecule has 8 aromatic rings. The fourth-order valence-corrected chi connectivity index (χ4v) is 7.55. The van der Waals surface area contributed by atoms with Crippen molar-refractivity contribution >= 4 is 48.1 Å². The molecule has 8 rings (SSSR count). The van der Waals surface area contributed by atoms with Crippen molar-refractivity contribution in [1.29, 1.82) is 0 Å². The molecule has 0 N–H and O–H groups in total. The summed E-state index contributed by atoms with van der Waals surface area (Å²) >= 11 is -0.826. The quantitative estimate of drug-likeness (QED) is 0.105. The summed E-state index contributed by atoms with van der Waals surface area (Å²) in [6.07, 6.45) is 4.56. The number of hydrogen-bond acceptors (Lipinski definition) is 0. The second kappa shape index (κ2) is 22.2. The summed E-state index contributed by atoms with van der Waals surface area (Å²) < 4.78 is 0.